The second kappa shape index (κ2) is 19.0. The molecule has 0 saturated heterocycles. The number of Topliss-reactive ketones (excluding diaryl/α,β-unsaturated/α-hetero) is 2. The molecule has 0 fully saturated rings. The number of carbonyl (C=O) groups excluding carboxylic acids is 3. The second-order valence-electron chi connectivity index (χ2n) is 14.4. The number of aromatic nitrogens is 4. The number of nitrogens with zero attached hydrogens (tertiary/aromatic N) is 6. The van der Waals surface area contributed by atoms with E-state index in [4.69, 9.17) is 22.4 Å². The lowest BCUT2D eigenvalue weighted by molar-refractivity contribution is -0.138. The highest BCUT2D eigenvalue weighted by atomic mass is 35.5. The van der Waals surface area contributed by atoms with Crippen molar-refractivity contribution in [3.8, 4) is 5.69 Å². The maximum absolute atomic E-state index is 15.4. The van der Waals surface area contributed by atoms with Gasteiger partial charge in [-0.15, -0.1) is 5.10 Å². The van der Waals surface area contributed by atoms with Gasteiger partial charge in [-0.25, -0.2) is 9.18 Å². The van der Waals surface area contributed by atoms with E-state index >= 15 is 4.39 Å². The molecule has 2 atom stereocenters. The summed E-state index contributed by atoms with van der Waals surface area (Å²) in [5.41, 5.74) is 10.1. The van der Waals surface area contributed by atoms with Crippen LogP contribution in [0, 0.1) is 5.82 Å². The number of hydrogen-bond donors (Lipinski definition) is 3. The zero-order valence-electron chi connectivity index (χ0n) is 31.6. The highest BCUT2D eigenvalue weighted by Gasteiger charge is 2.36. The number of ketones is 2. The predicted octanol–water partition coefficient (Wildman–Crippen LogP) is 5.12. The summed E-state index contributed by atoms with van der Waals surface area (Å²) < 4.78 is 16.6. The Bertz CT molecular complexity index is 2240. The highest BCUT2D eigenvalue weighted by Crippen LogP contribution is 2.37. The van der Waals surface area contributed by atoms with Crippen LogP contribution in [0.5, 0.6) is 0 Å². The quantitative estimate of drug-likeness (QED) is 0.0940. The first-order valence-electron chi connectivity index (χ1n) is 19.0. The van der Waals surface area contributed by atoms with Gasteiger partial charge >= 0.3 is 11.9 Å². The average Bonchev–Trinajstić information content (AvgIpc) is 3.76. The number of aliphatic carboxylic acids is 1. The van der Waals surface area contributed by atoms with E-state index in [2.05, 4.69) is 26.5 Å². The van der Waals surface area contributed by atoms with Crippen LogP contribution >= 0.6 is 11.6 Å². The largest absolute Gasteiger partial charge is 0.480 e. The number of nitrogens with two attached hydrogens (primary N) is 1. The van der Waals surface area contributed by atoms with Crippen molar-refractivity contribution in [2.75, 3.05) is 26.2 Å². The van der Waals surface area contributed by atoms with E-state index in [0.717, 1.165) is 23.1 Å². The Labute approximate surface area is 338 Å². The Hall–Kier alpha value is -5.90. The average molecular weight is 812 g/mol. The Morgan fingerprint density at radius 2 is 1.78 bits per heavy atom. The Morgan fingerprint density at radius 3 is 2.47 bits per heavy atom. The van der Waals surface area contributed by atoms with Gasteiger partial charge in [0.25, 0.3) is 0 Å². The van der Waals surface area contributed by atoms with E-state index in [1.54, 1.807) is 12.1 Å². The molecule has 0 spiro atoms. The highest BCUT2D eigenvalue weighted by molar-refractivity contribution is 6.31. The molecule has 2 aliphatic rings. The Balaban J connectivity index is 1.21. The van der Waals surface area contributed by atoms with Crippen molar-refractivity contribution in [3.05, 3.63) is 117 Å². The van der Waals surface area contributed by atoms with Gasteiger partial charge in [0.05, 0.1) is 22.8 Å². The molecule has 6 rings (SSSR count). The van der Waals surface area contributed by atoms with Crippen LogP contribution in [0.3, 0.4) is 0 Å². The van der Waals surface area contributed by atoms with Gasteiger partial charge in [-0.1, -0.05) is 60.9 Å². The molecule has 0 aliphatic carbocycles. The van der Waals surface area contributed by atoms with Gasteiger partial charge in [0, 0.05) is 44.1 Å². The molecule has 1 aromatic heterocycles. The maximum Gasteiger partial charge on any atom is 0.335 e. The van der Waals surface area contributed by atoms with Crippen LogP contribution in [-0.2, 0) is 32.0 Å². The smallest absolute Gasteiger partial charge is 0.335 e. The van der Waals surface area contributed by atoms with Crippen LogP contribution in [0.2, 0.25) is 5.02 Å². The number of aromatic carboxylic acids is 1. The van der Waals surface area contributed by atoms with Crippen LogP contribution in [0.4, 0.5) is 4.39 Å². The molecule has 0 unspecified atom stereocenters. The molecule has 16 heteroatoms. The topological polar surface area (TPSA) is 202 Å². The van der Waals surface area contributed by atoms with Crippen molar-refractivity contribution in [1.82, 2.24) is 30.0 Å². The van der Waals surface area contributed by atoms with Crippen LogP contribution in [0.25, 0.3) is 17.3 Å². The third-order valence-electron chi connectivity index (χ3n) is 10.5. The molecule has 4 aromatic rings. The number of fused-ring (bicyclic) bond motifs is 1. The number of halogens is 2. The van der Waals surface area contributed by atoms with E-state index in [0.29, 0.717) is 69.3 Å². The summed E-state index contributed by atoms with van der Waals surface area (Å²) in [4.78, 5) is 67.1. The molecule has 58 heavy (non-hydrogen) atoms. The van der Waals surface area contributed by atoms with Gasteiger partial charge in [-0.2, -0.15) is 4.68 Å². The summed E-state index contributed by atoms with van der Waals surface area (Å²) in [6.45, 7) is 1.73. The van der Waals surface area contributed by atoms with E-state index < -0.39 is 35.7 Å². The number of rotatable bonds is 17. The second-order valence-corrected chi connectivity index (χ2v) is 14.8. The standard InChI is InChI=1S/C42H43ClFN7O7/c43-34-14-15-36(51-25-46-47-48-51)33(39(34)44)13-16-38(54)50-22-19-31-30(6-4-7-32(31)40(50)37(53)23-26-9-11-28(12-10-26)41(55)56)27-17-20-49(21-18-27)24-29(52)5-2-1-3-8-35(45)42(57)58/h4,6-7,9-17,25,35,40H,1-3,5,8,18-24,45H2,(H,55,56)(H,57,58)/b16-13+/t35-,40-/m0/s1. The SMILES string of the molecule is N[C@@H](CCCCCC(=O)CN1CC=C(c2cccc3c2CCN(C(=O)/C=C/c2c(-n4cnnn4)ccc(Cl)c2F)[C@@H]3C(=O)Cc2ccc(C(=O)O)cc2)CC1)C(=O)O. The molecular formula is C42H43ClFN7O7. The van der Waals surface area contributed by atoms with Gasteiger partial charge < -0.3 is 20.8 Å². The predicted molar refractivity (Wildman–Crippen MR) is 213 cm³/mol. The number of carbonyl (C=O) groups is 5. The fraction of sp³-hybridized carbons (Fsp3) is 0.333. The molecule has 4 N–H and O–H groups in total. The van der Waals surface area contributed by atoms with E-state index in [1.807, 2.05) is 18.2 Å². The maximum atomic E-state index is 15.4. The molecular weight excluding hydrogens is 769 g/mol. The first-order chi connectivity index (χ1) is 27.9. The molecule has 3 aromatic carbocycles. The van der Waals surface area contributed by atoms with E-state index in [9.17, 15) is 29.1 Å². The lowest BCUT2D eigenvalue weighted by Crippen LogP contribution is -2.43. The minimum Gasteiger partial charge on any atom is -0.480 e. The molecule has 302 valence electrons. The van der Waals surface area contributed by atoms with Crippen LogP contribution < -0.4 is 5.73 Å². The van der Waals surface area contributed by atoms with Crippen molar-refractivity contribution in [1.29, 1.82) is 0 Å². The molecule has 14 nitrogen and oxygen atoms in total. The molecule has 0 bridgehead atoms. The van der Waals surface area contributed by atoms with Gasteiger partial charge in [0.2, 0.25) is 5.91 Å². The third kappa shape index (κ3) is 9.96. The van der Waals surface area contributed by atoms with Crippen molar-refractivity contribution in [2.24, 2.45) is 5.73 Å². The number of tetrazole rings is 1. The first kappa shape index (κ1) is 41.7. The fourth-order valence-electron chi connectivity index (χ4n) is 7.47. The molecule has 2 aliphatic heterocycles. The van der Waals surface area contributed by atoms with Gasteiger partial charge in [-0.05, 0) is 94.3 Å². The summed E-state index contributed by atoms with van der Waals surface area (Å²) in [5, 5.41) is 29.2. The van der Waals surface area contributed by atoms with Crippen molar-refractivity contribution < 1.29 is 38.6 Å². The number of benzene rings is 3. The van der Waals surface area contributed by atoms with Gasteiger partial charge in [-0.3, -0.25) is 24.1 Å². The summed E-state index contributed by atoms with van der Waals surface area (Å²) >= 11 is 6.11. The molecule has 3 heterocycles. The zero-order valence-corrected chi connectivity index (χ0v) is 32.4. The first-order valence-corrected chi connectivity index (χ1v) is 19.4. The summed E-state index contributed by atoms with van der Waals surface area (Å²) in [7, 11) is 0. The lowest BCUT2D eigenvalue weighted by Gasteiger charge is -2.37. The fourth-order valence-corrected chi connectivity index (χ4v) is 7.63. The number of hydrogen-bond acceptors (Lipinski definition) is 10. The van der Waals surface area contributed by atoms with E-state index in [-0.39, 0.29) is 46.4 Å². The lowest BCUT2D eigenvalue weighted by atomic mass is 9.82. The third-order valence-corrected chi connectivity index (χ3v) is 10.8. The minimum atomic E-state index is -1.09. The summed E-state index contributed by atoms with van der Waals surface area (Å²) in [5.74, 6) is -3.57. The Morgan fingerprint density at radius 1 is 0.983 bits per heavy atom. The molecule has 0 radical (unpaired) electrons. The molecule has 0 saturated carbocycles. The van der Waals surface area contributed by atoms with Crippen LogP contribution in [0.1, 0.15) is 82.7 Å². The van der Waals surface area contributed by atoms with Crippen molar-refractivity contribution in [2.45, 2.75) is 63.5 Å². The van der Waals surface area contributed by atoms with Crippen LogP contribution in [0.15, 0.2) is 73.1 Å². The van der Waals surface area contributed by atoms with Crippen molar-refractivity contribution in [3.63, 3.8) is 0 Å². The van der Waals surface area contributed by atoms with Gasteiger partial charge in [0.15, 0.2) is 11.6 Å². The number of amides is 1. The van der Waals surface area contributed by atoms with Crippen LogP contribution in [-0.4, -0.2) is 102 Å². The zero-order chi connectivity index (χ0) is 41.3. The number of carboxylic acid groups (broad SMARTS) is 2. The van der Waals surface area contributed by atoms with E-state index in [1.165, 1.54) is 52.3 Å². The number of carboxylic acids is 2. The normalized spacial score (nSPS) is 16.2. The monoisotopic (exact) mass is 811 g/mol. The van der Waals surface area contributed by atoms with Gasteiger partial charge in [0.1, 0.15) is 24.2 Å². The summed E-state index contributed by atoms with van der Waals surface area (Å²) in [6.07, 6.45) is 9.78. The molecule has 1 amide bonds. The van der Waals surface area contributed by atoms with Crippen molar-refractivity contribution >= 4 is 52.7 Å². The summed E-state index contributed by atoms with van der Waals surface area (Å²) in [6, 6.07) is 12.7. The Kier molecular flexibility index (Phi) is 13.7. The minimum absolute atomic E-state index is 0.0209. The number of unbranched alkanes of at least 4 members (excludes halogenated alkanes) is 2.